The summed E-state index contributed by atoms with van der Waals surface area (Å²) in [6, 6.07) is 12.0. The van der Waals surface area contributed by atoms with E-state index in [1.165, 1.54) is 24.3 Å². The second-order valence-electron chi connectivity index (χ2n) is 10.5. The van der Waals surface area contributed by atoms with Crippen LogP contribution in [0, 0.1) is 17.0 Å². The number of hydrogen-bond acceptors (Lipinski definition) is 6. The molecule has 3 heterocycles. The number of aromatic nitrogens is 2. The predicted molar refractivity (Wildman–Crippen MR) is 160 cm³/mol. The van der Waals surface area contributed by atoms with Gasteiger partial charge in [-0.3, -0.25) is 5.41 Å². The molecular weight excluding hydrogens is 544 g/mol. The molecule has 208 valence electrons. The van der Waals surface area contributed by atoms with Gasteiger partial charge in [-0.2, -0.15) is 0 Å². The lowest BCUT2D eigenvalue weighted by molar-refractivity contribution is 0.254. The average molecular weight is 572 g/mol. The quantitative estimate of drug-likeness (QED) is 0.261. The molecule has 2 unspecified atom stereocenters. The molecule has 2 aromatic carbocycles. The Hall–Kier alpha value is -4.21. The van der Waals surface area contributed by atoms with Crippen molar-refractivity contribution in [2.75, 3.05) is 18.4 Å². The SMILES string of the molecule is CC1CN(C(=N)c2cccc(Nc3ncc4c(n3)C3=CN=C(Cl)C=C(c5c(F)cccc5F)C3=CC4)c2)CC(C)N1. The zero-order chi connectivity index (χ0) is 28.7. The largest absolute Gasteiger partial charge is 0.353 e. The molecule has 10 heteroatoms. The number of nitrogens with zero attached hydrogens (tertiary/aromatic N) is 4. The number of aliphatic imine (C=N–C) groups is 1. The van der Waals surface area contributed by atoms with Crippen LogP contribution in [0.1, 0.15) is 36.2 Å². The standard InChI is InChI=1S/C31H28ClF2N7/c1-17-15-41(16-18(2)38-17)30(35)19-5-3-6-21(11-19)39-31-37-13-20-9-10-22-23(28-25(33)7-4-8-26(28)34)12-27(32)36-14-24(22)29(20)40-31/h3-8,10-14,17-18,35,38H,9,15-16H2,1-2H3,(H,37,39,40). The van der Waals surface area contributed by atoms with E-state index in [1.54, 1.807) is 12.4 Å². The minimum Gasteiger partial charge on any atom is -0.353 e. The zero-order valence-electron chi connectivity index (χ0n) is 22.5. The van der Waals surface area contributed by atoms with Gasteiger partial charge in [0.05, 0.1) is 11.3 Å². The van der Waals surface area contributed by atoms with Gasteiger partial charge in [0.25, 0.3) is 0 Å². The Kier molecular flexibility index (Phi) is 7.23. The Morgan fingerprint density at radius 3 is 2.54 bits per heavy atom. The minimum atomic E-state index is -0.686. The Morgan fingerprint density at radius 1 is 1.05 bits per heavy atom. The second kappa shape index (κ2) is 11.0. The fraction of sp³-hybridized carbons (Fsp3) is 0.226. The van der Waals surface area contributed by atoms with Crippen molar-refractivity contribution < 1.29 is 8.78 Å². The van der Waals surface area contributed by atoms with Crippen molar-refractivity contribution >= 4 is 45.4 Å². The van der Waals surface area contributed by atoms with Crippen LogP contribution in [0.25, 0.3) is 11.1 Å². The van der Waals surface area contributed by atoms with Crippen LogP contribution < -0.4 is 10.6 Å². The maximum Gasteiger partial charge on any atom is 0.227 e. The van der Waals surface area contributed by atoms with Crippen molar-refractivity contribution in [2.45, 2.75) is 32.4 Å². The molecule has 0 bridgehead atoms. The summed E-state index contributed by atoms with van der Waals surface area (Å²) in [5.74, 6) is -0.559. The van der Waals surface area contributed by atoms with E-state index in [0.29, 0.717) is 52.7 Å². The molecule has 6 rings (SSSR count). The van der Waals surface area contributed by atoms with Gasteiger partial charge in [0, 0.05) is 60.0 Å². The Morgan fingerprint density at radius 2 is 1.78 bits per heavy atom. The van der Waals surface area contributed by atoms with Crippen LogP contribution in [0.5, 0.6) is 0 Å². The summed E-state index contributed by atoms with van der Waals surface area (Å²) in [6.45, 7) is 5.77. The van der Waals surface area contributed by atoms with E-state index in [0.717, 1.165) is 29.9 Å². The number of amidine groups is 1. The van der Waals surface area contributed by atoms with Crippen LogP contribution in [0.3, 0.4) is 0 Å². The first-order chi connectivity index (χ1) is 19.8. The smallest absolute Gasteiger partial charge is 0.227 e. The normalized spacial score (nSPS) is 20.1. The number of nitrogens with one attached hydrogen (secondary N) is 3. The highest BCUT2D eigenvalue weighted by Crippen LogP contribution is 2.41. The number of piperazine rings is 1. The molecule has 0 amide bonds. The van der Waals surface area contributed by atoms with Crippen molar-refractivity contribution in [1.82, 2.24) is 20.2 Å². The number of halogens is 3. The number of rotatable bonds is 4. The molecule has 3 aliphatic rings. The highest BCUT2D eigenvalue weighted by molar-refractivity contribution is 6.69. The molecule has 41 heavy (non-hydrogen) atoms. The molecule has 0 saturated carbocycles. The molecule has 0 radical (unpaired) electrons. The maximum atomic E-state index is 14.8. The van der Waals surface area contributed by atoms with Crippen LogP contribution in [0.2, 0.25) is 0 Å². The van der Waals surface area contributed by atoms with Gasteiger partial charge in [0.15, 0.2) is 0 Å². The van der Waals surface area contributed by atoms with Gasteiger partial charge in [-0.1, -0.05) is 35.9 Å². The lowest BCUT2D eigenvalue weighted by Crippen LogP contribution is -2.55. The van der Waals surface area contributed by atoms with E-state index in [4.69, 9.17) is 22.0 Å². The highest BCUT2D eigenvalue weighted by Gasteiger charge is 2.28. The highest BCUT2D eigenvalue weighted by atomic mass is 35.5. The first kappa shape index (κ1) is 27.0. The van der Waals surface area contributed by atoms with Crippen LogP contribution in [-0.2, 0) is 6.42 Å². The van der Waals surface area contributed by atoms with E-state index in [2.05, 4.69) is 39.4 Å². The summed E-state index contributed by atoms with van der Waals surface area (Å²) < 4.78 is 29.7. The Balaban J connectivity index is 1.30. The monoisotopic (exact) mass is 571 g/mol. The molecule has 1 saturated heterocycles. The molecule has 3 aromatic rings. The third-order valence-corrected chi connectivity index (χ3v) is 7.51. The van der Waals surface area contributed by atoms with Crippen LogP contribution in [0.15, 0.2) is 77.6 Å². The first-order valence-corrected chi connectivity index (χ1v) is 13.8. The van der Waals surface area contributed by atoms with Crippen LogP contribution in [-0.4, -0.2) is 51.0 Å². The number of anilines is 2. The summed E-state index contributed by atoms with van der Waals surface area (Å²) in [6.07, 6.45) is 7.14. The topological polar surface area (TPSA) is 89.3 Å². The Bertz CT molecular complexity index is 1650. The van der Waals surface area contributed by atoms with E-state index in [-0.39, 0.29) is 10.7 Å². The molecule has 1 aliphatic carbocycles. The van der Waals surface area contributed by atoms with Crippen LogP contribution in [0.4, 0.5) is 20.4 Å². The summed E-state index contributed by atoms with van der Waals surface area (Å²) in [4.78, 5) is 15.7. The first-order valence-electron chi connectivity index (χ1n) is 13.4. The third-order valence-electron chi connectivity index (χ3n) is 7.30. The van der Waals surface area contributed by atoms with Gasteiger partial charge in [-0.05, 0) is 61.8 Å². The number of fused-ring (bicyclic) bond motifs is 3. The van der Waals surface area contributed by atoms with Crippen molar-refractivity contribution in [1.29, 1.82) is 5.41 Å². The molecule has 0 spiro atoms. The fourth-order valence-corrected chi connectivity index (χ4v) is 5.73. The summed E-state index contributed by atoms with van der Waals surface area (Å²) in [5.41, 5.74) is 4.31. The van der Waals surface area contributed by atoms with Gasteiger partial charge < -0.3 is 15.5 Å². The van der Waals surface area contributed by atoms with E-state index in [1.807, 2.05) is 30.3 Å². The van der Waals surface area contributed by atoms with Gasteiger partial charge in [-0.15, -0.1) is 0 Å². The van der Waals surface area contributed by atoms with E-state index in [9.17, 15) is 8.78 Å². The van der Waals surface area contributed by atoms with Gasteiger partial charge in [0.2, 0.25) is 5.95 Å². The molecular formula is C31H28ClF2N7. The summed E-state index contributed by atoms with van der Waals surface area (Å²) in [7, 11) is 0. The van der Waals surface area contributed by atoms with E-state index < -0.39 is 11.6 Å². The second-order valence-corrected chi connectivity index (χ2v) is 10.9. The third kappa shape index (κ3) is 5.42. The Labute approximate surface area is 241 Å². The lowest BCUT2D eigenvalue weighted by atomic mass is 9.84. The summed E-state index contributed by atoms with van der Waals surface area (Å²) >= 11 is 6.30. The van der Waals surface area contributed by atoms with Gasteiger partial charge in [-0.25, -0.2) is 23.7 Å². The van der Waals surface area contributed by atoms with Crippen molar-refractivity contribution in [3.05, 3.63) is 107 Å². The summed E-state index contributed by atoms with van der Waals surface area (Å²) in [5, 5.41) is 15.7. The molecule has 2 atom stereocenters. The maximum absolute atomic E-state index is 14.8. The minimum absolute atomic E-state index is 0.104. The van der Waals surface area contributed by atoms with Crippen molar-refractivity contribution in [3.63, 3.8) is 0 Å². The van der Waals surface area contributed by atoms with Gasteiger partial charge in [0.1, 0.15) is 22.6 Å². The molecule has 1 fully saturated rings. The van der Waals surface area contributed by atoms with Crippen molar-refractivity contribution in [2.24, 2.45) is 4.99 Å². The van der Waals surface area contributed by atoms with E-state index >= 15 is 0 Å². The fourth-order valence-electron chi connectivity index (χ4n) is 5.57. The zero-order valence-corrected chi connectivity index (χ0v) is 23.3. The molecule has 2 aliphatic heterocycles. The average Bonchev–Trinajstić information content (AvgIpc) is 3.11. The number of benzene rings is 2. The lowest BCUT2D eigenvalue weighted by Gasteiger charge is -2.37. The van der Waals surface area contributed by atoms with Crippen LogP contribution >= 0.6 is 11.6 Å². The molecule has 1 aromatic heterocycles. The molecule has 7 nitrogen and oxygen atoms in total. The van der Waals surface area contributed by atoms with Crippen molar-refractivity contribution in [3.8, 4) is 0 Å². The van der Waals surface area contributed by atoms with Gasteiger partial charge >= 0.3 is 0 Å². The predicted octanol–water partition coefficient (Wildman–Crippen LogP) is 6.06. The number of hydrogen-bond donors (Lipinski definition) is 3. The number of allylic oxidation sites excluding steroid dienone is 5. The molecule has 3 N–H and O–H groups in total.